The number of hydrogen-bond acceptors (Lipinski definition) is 3. The van der Waals surface area contributed by atoms with Crippen LogP contribution >= 0.6 is 0 Å². The van der Waals surface area contributed by atoms with E-state index >= 15 is 0 Å². The van der Waals surface area contributed by atoms with E-state index in [4.69, 9.17) is 5.73 Å². The third-order valence-electron chi connectivity index (χ3n) is 2.93. The average Bonchev–Trinajstić information content (AvgIpc) is 2.68. The summed E-state index contributed by atoms with van der Waals surface area (Å²) in [5.41, 5.74) is 8.66. The van der Waals surface area contributed by atoms with E-state index in [0.717, 1.165) is 29.9 Å². The Balaban J connectivity index is 1.85. The summed E-state index contributed by atoms with van der Waals surface area (Å²) in [5, 5.41) is 0. The molecule has 2 N–H and O–H groups in total. The summed E-state index contributed by atoms with van der Waals surface area (Å²) in [6.07, 6.45) is -3.42. The van der Waals surface area contributed by atoms with Crippen molar-refractivity contribution >= 4 is 11.4 Å². The van der Waals surface area contributed by atoms with Gasteiger partial charge in [-0.3, -0.25) is 0 Å². The quantitative estimate of drug-likeness (QED) is 0.666. The first-order valence-electron chi connectivity index (χ1n) is 5.74. The number of nitrogens with two attached hydrogens (primary N) is 1. The highest BCUT2D eigenvalue weighted by atomic mass is 19.4. The number of nitrogen functional groups attached to an aromatic ring is 1. The second-order valence-electron chi connectivity index (χ2n) is 4.25. The molecule has 0 bridgehead atoms. The number of nitrogens with zero attached hydrogens (tertiary/aromatic N) is 1. The molecule has 0 fully saturated rings. The predicted molar refractivity (Wildman–Crippen MR) is 63.6 cm³/mol. The fourth-order valence-corrected chi connectivity index (χ4v) is 2.12. The maximum absolute atomic E-state index is 11.9. The van der Waals surface area contributed by atoms with Gasteiger partial charge in [0.05, 0.1) is 6.61 Å². The molecule has 1 aliphatic rings. The van der Waals surface area contributed by atoms with Crippen molar-refractivity contribution in [3.8, 4) is 0 Å². The maximum atomic E-state index is 11.9. The standard InChI is InChI=1S/C12H15F3N2O/c13-12(14,15)8-18-7-6-17-5-4-9-10(16)2-1-3-11(9)17/h1-3H,4-8,16H2. The smallest absolute Gasteiger partial charge is 0.398 e. The van der Waals surface area contributed by atoms with Gasteiger partial charge in [0.1, 0.15) is 6.61 Å². The minimum atomic E-state index is -4.26. The van der Waals surface area contributed by atoms with Crippen molar-refractivity contribution in [2.45, 2.75) is 12.6 Å². The Bertz CT molecular complexity index is 420. The molecule has 1 aromatic carbocycles. The van der Waals surface area contributed by atoms with Gasteiger partial charge < -0.3 is 15.4 Å². The van der Waals surface area contributed by atoms with Crippen LogP contribution in [0.25, 0.3) is 0 Å². The number of halogens is 3. The Kier molecular flexibility index (Phi) is 3.65. The molecule has 6 heteroatoms. The Labute approximate surface area is 103 Å². The fraction of sp³-hybridized carbons (Fsp3) is 0.500. The van der Waals surface area contributed by atoms with Crippen molar-refractivity contribution in [1.29, 1.82) is 0 Å². The van der Waals surface area contributed by atoms with Crippen LogP contribution in [0.3, 0.4) is 0 Å². The van der Waals surface area contributed by atoms with Gasteiger partial charge in [-0.1, -0.05) is 6.07 Å². The van der Waals surface area contributed by atoms with Gasteiger partial charge in [0.15, 0.2) is 0 Å². The van der Waals surface area contributed by atoms with E-state index in [-0.39, 0.29) is 6.61 Å². The van der Waals surface area contributed by atoms with Crippen LogP contribution in [0.15, 0.2) is 18.2 Å². The highest BCUT2D eigenvalue weighted by molar-refractivity contribution is 5.68. The van der Waals surface area contributed by atoms with E-state index in [0.29, 0.717) is 6.54 Å². The maximum Gasteiger partial charge on any atom is 0.411 e. The summed E-state index contributed by atoms with van der Waals surface area (Å²) in [7, 11) is 0. The Morgan fingerprint density at radius 3 is 2.83 bits per heavy atom. The lowest BCUT2D eigenvalue weighted by atomic mass is 10.1. The third kappa shape index (κ3) is 3.07. The van der Waals surface area contributed by atoms with E-state index in [2.05, 4.69) is 4.74 Å². The molecule has 2 rings (SSSR count). The summed E-state index contributed by atoms with van der Waals surface area (Å²) < 4.78 is 40.3. The molecule has 3 nitrogen and oxygen atoms in total. The first-order valence-corrected chi connectivity index (χ1v) is 5.74. The van der Waals surface area contributed by atoms with Crippen molar-refractivity contribution in [1.82, 2.24) is 0 Å². The lowest BCUT2D eigenvalue weighted by Crippen LogP contribution is -2.27. The summed E-state index contributed by atoms with van der Waals surface area (Å²) in [6, 6.07) is 5.62. The Morgan fingerprint density at radius 1 is 1.33 bits per heavy atom. The molecular formula is C12H15F3N2O. The predicted octanol–water partition coefficient (Wildman–Crippen LogP) is 2.21. The molecule has 0 radical (unpaired) electrons. The summed E-state index contributed by atoms with van der Waals surface area (Å²) in [5.74, 6) is 0. The van der Waals surface area contributed by atoms with Crippen LogP contribution in [0, 0.1) is 0 Å². The molecule has 0 amide bonds. The Hall–Kier alpha value is -1.43. The first kappa shape index (κ1) is 13.0. The van der Waals surface area contributed by atoms with Gasteiger partial charge in [0.25, 0.3) is 0 Å². The lowest BCUT2D eigenvalue weighted by Gasteiger charge is -2.19. The largest absolute Gasteiger partial charge is 0.411 e. The number of benzene rings is 1. The highest BCUT2D eigenvalue weighted by Gasteiger charge is 2.27. The zero-order valence-electron chi connectivity index (χ0n) is 9.83. The molecule has 0 aromatic heterocycles. The number of hydrogen-bond donors (Lipinski definition) is 1. The van der Waals surface area contributed by atoms with Crippen LogP contribution in [-0.2, 0) is 11.2 Å². The molecule has 1 aliphatic heterocycles. The van der Waals surface area contributed by atoms with Gasteiger partial charge in [-0.15, -0.1) is 0 Å². The molecule has 0 atom stereocenters. The van der Waals surface area contributed by atoms with Crippen LogP contribution in [-0.4, -0.2) is 32.5 Å². The van der Waals surface area contributed by atoms with Gasteiger partial charge in [-0.25, -0.2) is 0 Å². The zero-order chi connectivity index (χ0) is 13.2. The normalized spacial score (nSPS) is 14.9. The minimum absolute atomic E-state index is 0.0632. The molecule has 0 saturated heterocycles. The van der Waals surface area contributed by atoms with E-state index in [1.54, 1.807) is 0 Å². The van der Waals surface area contributed by atoms with E-state index in [1.807, 2.05) is 23.1 Å². The number of ether oxygens (including phenoxy) is 1. The van der Waals surface area contributed by atoms with Crippen molar-refractivity contribution in [3.63, 3.8) is 0 Å². The SMILES string of the molecule is Nc1cccc2c1CCN2CCOCC(F)(F)F. The van der Waals surface area contributed by atoms with Gasteiger partial charge in [0.2, 0.25) is 0 Å². The topological polar surface area (TPSA) is 38.5 Å². The second-order valence-corrected chi connectivity index (χ2v) is 4.25. The number of anilines is 2. The van der Waals surface area contributed by atoms with E-state index < -0.39 is 12.8 Å². The summed E-state index contributed by atoms with van der Waals surface area (Å²) in [6.45, 7) is 0.101. The second kappa shape index (κ2) is 5.06. The molecule has 0 spiro atoms. The van der Waals surface area contributed by atoms with Crippen LogP contribution in [0.1, 0.15) is 5.56 Å². The number of fused-ring (bicyclic) bond motifs is 1. The van der Waals surface area contributed by atoms with E-state index in [1.165, 1.54) is 0 Å². The number of rotatable bonds is 4. The molecule has 1 aromatic rings. The molecule has 1 heterocycles. The van der Waals surface area contributed by atoms with Crippen molar-refractivity contribution in [2.75, 3.05) is 36.9 Å². The molecular weight excluding hydrogens is 245 g/mol. The molecule has 18 heavy (non-hydrogen) atoms. The molecule has 100 valence electrons. The monoisotopic (exact) mass is 260 g/mol. The van der Waals surface area contributed by atoms with Gasteiger partial charge in [-0.2, -0.15) is 13.2 Å². The van der Waals surface area contributed by atoms with Gasteiger partial charge in [-0.05, 0) is 18.6 Å². The minimum Gasteiger partial charge on any atom is -0.398 e. The van der Waals surface area contributed by atoms with Gasteiger partial charge >= 0.3 is 6.18 Å². The molecule has 0 aliphatic carbocycles. The highest BCUT2D eigenvalue weighted by Crippen LogP contribution is 2.31. The van der Waals surface area contributed by atoms with E-state index in [9.17, 15) is 13.2 Å². The van der Waals surface area contributed by atoms with Crippen molar-refractivity contribution < 1.29 is 17.9 Å². The molecule has 0 saturated carbocycles. The van der Waals surface area contributed by atoms with Gasteiger partial charge in [0, 0.05) is 30.0 Å². The molecule has 0 unspecified atom stereocenters. The van der Waals surface area contributed by atoms with Crippen LogP contribution in [0.5, 0.6) is 0 Å². The summed E-state index contributed by atoms with van der Waals surface area (Å²) >= 11 is 0. The number of alkyl halides is 3. The fourth-order valence-electron chi connectivity index (χ4n) is 2.12. The first-order chi connectivity index (χ1) is 8.47. The van der Waals surface area contributed by atoms with Crippen LogP contribution in [0.2, 0.25) is 0 Å². The zero-order valence-corrected chi connectivity index (χ0v) is 9.83. The van der Waals surface area contributed by atoms with Crippen LogP contribution in [0.4, 0.5) is 24.5 Å². The van der Waals surface area contributed by atoms with Crippen molar-refractivity contribution in [3.05, 3.63) is 23.8 Å². The third-order valence-corrected chi connectivity index (χ3v) is 2.93. The average molecular weight is 260 g/mol. The lowest BCUT2D eigenvalue weighted by molar-refractivity contribution is -0.173. The van der Waals surface area contributed by atoms with Crippen molar-refractivity contribution in [2.24, 2.45) is 0 Å². The summed E-state index contributed by atoms with van der Waals surface area (Å²) in [4.78, 5) is 2.00. The Morgan fingerprint density at radius 2 is 2.11 bits per heavy atom. The van der Waals surface area contributed by atoms with Crippen LogP contribution < -0.4 is 10.6 Å².